The minimum atomic E-state index is -1.00. The quantitative estimate of drug-likeness (QED) is 0.145. The molecule has 2 N–H and O–H groups in total. The lowest BCUT2D eigenvalue weighted by molar-refractivity contribution is 0.0944. The fourth-order valence-electron chi connectivity index (χ4n) is 5.83. The molecule has 0 aliphatic carbocycles. The van der Waals surface area contributed by atoms with Crippen LogP contribution in [0.25, 0.3) is 33.2 Å². The maximum absolute atomic E-state index is 13.2. The summed E-state index contributed by atoms with van der Waals surface area (Å²) in [6, 6.07) is 27.7. The number of nitrogens with one attached hydrogen (secondary N) is 2. The maximum Gasteiger partial charge on any atom is 0.252 e. The Kier molecular flexibility index (Phi) is 13.2. The van der Waals surface area contributed by atoms with Gasteiger partial charge in [-0.25, -0.2) is 28.1 Å². The Morgan fingerprint density at radius 3 is 1.59 bits per heavy atom. The van der Waals surface area contributed by atoms with Gasteiger partial charge in [-0.05, 0) is 101 Å². The summed E-state index contributed by atoms with van der Waals surface area (Å²) in [7, 11) is -1.00. The second-order valence-corrected chi connectivity index (χ2v) is 13.9. The fourth-order valence-corrected chi connectivity index (χ4v) is 6.73. The third kappa shape index (κ3) is 9.75. The predicted molar refractivity (Wildman–Crippen MR) is 222 cm³/mol. The number of benzene rings is 4. The molecular formula is C42H29BrCl2F3N9O2. The molecule has 0 atom stereocenters. The largest absolute Gasteiger partial charge is 0.348 e. The lowest BCUT2D eigenvalue weighted by atomic mass is 10.1. The van der Waals surface area contributed by atoms with E-state index in [0.29, 0.717) is 59.0 Å². The van der Waals surface area contributed by atoms with Crippen LogP contribution in [0.15, 0.2) is 126 Å². The number of amides is 2. The van der Waals surface area contributed by atoms with E-state index < -0.39 is 7.15 Å². The first-order valence-electron chi connectivity index (χ1n) is 17.9. The van der Waals surface area contributed by atoms with Crippen molar-refractivity contribution >= 4 is 72.8 Å². The monoisotopic (exact) mass is 898 g/mol. The third-order valence-electron chi connectivity index (χ3n) is 8.68. The summed E-state index contributed by atoms with van der Waals surface area (Å²) in [6.07, 6.45) is 6.31. The Labute approximate surface area is 354 Å². The van der Waals surface area contributed by atoms with Gasteiger partial charge < -0.3 is 10.6 Å². The van der Waals surface area contributed by atoms with Crippen molar-refractivity contribution in [2.75, 3.05) is 7.15 Å². The van der Waals surface area contributed by atoms with E-state index >= 15 is 0 Å². The van der Waals surface area contributed by atoms with Crippen LogP contribution in [0.5, 0.6) is 0 Å². The van der Waals surface area contributed by atoms with Gasteiger partial charge in [0.25, 0.3) is 11.8 Å². The lowest BCUT2D eigenvalue weighted by Crippen LogP contribution is -2.23. The summed E-state index contributed by atoms with van der Waals surface area (Å²) in [4.78, 5) is 33.6. The molecule has 0 fully saturated rings. The van der Waals surface area contributed by atoms with Crippen LogP contribution in [0.2, 0.25) is 10.0 Å². The average Bonchev–Trinajstić information content (AvgIpc) is 3.89. The minimum absolute atomic E-state index is 0.166. The smallest absolute Gasteiger partial charge is 0.252 e. The number of nitrogens with zero attached hydrogens (tertiary/aromatic N) is 7. The summed E-state index contributed by atoms with van der Waals surface area (Å²) < 4.78 is 45.8. The molecule has 0 aliphatic rings. The normalized spacial score (nSPS) is 10.8. The van der Waals surface area contributed by atoms with Gasteiger partial charge in [-0.1, -0.05) is 35.3 Å². The molecule has 4 aromatic carbocycles. The number of rotatable bonds is 8. The van der Waals surface area contributed by atoms with Crippen molar-refractivity contribution in [3.63, 3.8) is 0 Å². The van der Waals surface area contributed by atoms with E-state index in [4.69, 9.17) is 29.8 Å². The highest BCUT2D eigenvalue weighted by molar-refractivity contribution is 9.10. The first kappa shape index (κ1) is 40.6. The average molecular weight is 901 g/mol. The molecule has 0 bridgehead atoms. The molecule has 2 amide bonds. The second kappa shape index (κ2) is 19.2. The number of pyridine rings is 2. The van der Waals surface area contributed by atoms with Crippen molar-refractivity contribution in [3.05, 3.63) is 176 Å². The molecular weight excluding hydrogens is 870 g/mol. The Morgan fingerprint density at radius 2 is 1.17 bits per heavy atom. The molecule has 4 heterocycles. The van der Waals surface area contributed by atoms with E-state index in [0.717, 1.165) is 11.0 Å². The fraction of sp³-hybridized carbons (Fsp3) is 0.0714. The second-order valence-electron chi connectivity index (χ2n) is 12.3. The van der Waals surface area contributed by atoms with Gasteiger partial charge in [0, 0.05) is 57.4 Å². The lowest BCUT2D eigenvalue weighted by Gasteiger charge is -2.08. The van der Waals surface area contributed by atoms with Crippen LogP contribution >= 0.6 is 39.1 Å². The van der Waals surface area contributed by atoms with Crippen LogP contribution in [-0.4, -0.2) is 48.5 Å². The van der Waals surface area contributed by atoms with Crippen LogP contribution in [0.4, 0.5) is 13.2 Å². The van der Waals surface area contributed by atoms with Crippen LogP contribution in [0.1, 0.15) is 38.9 Å². The first-order valence-corrected chi connectivity index (χ1v) is 18.8. The SMILES string of the molecule is N#Cc1cc(Cl)c(CNC(=O)c2cccc3c2cnn3-c2ccc(F)cc2)cn1.O=C(NCc1cnc(Br)cc1Cl)c1cccc2c1cnn2-c1ccc(F)cc1.[2H]CF. The van der Waals surface area contributed by atoms with Crippen LogP contribution < -0.4 is 10.6 Å². The summed E-state index contributed by atoms with van der Waals surface area (Å²) in [6.45, 7) is 0.416. The zero-order valence-corrected chi connectivity index (χ0v) is 33.5. The Morgan fingerprint density at radius 1 is 0.729 bits per heavy atom. The molecule has 11 nitrogen and oxygen atoms in total. The molecule has 8 aromatic rings. The van der Waals surface area contributed by atoms with E-state index in [-0.39, 0.29) is 42.2 Å². The molecule has 59 heavy (non-hydrogen) atoms. The molecule has 8 rings (SSSR count). The maximum atomic E-state index is 13.2. The van der Waals surface area contributed by atoms with Gasteiger partial charge in [0.2, 0.25) is 0 Å². The van der Waals surface area contributed by atoms with Gasteiger partial charge in [0.05, 0.1) is 54.5 Å². The van der Waals surface area contributed by atoms with Gasteiger partial charge in [0.1, 0.15) is 28.0 Å². The molecule has 4 aromatic heterocycles. The van der Waals surface area contributed by atoms with Crippen molar-refractivity contribution in [3.8, 4) is 17.4 Å². The molecule has 17 heteroatoms. The van der Waals surface area contributed by atoms with E-state index in [2.05, 4.69) is 46.7 Å². The number of nitriles is 1. The van der Waals surface area contributed by atoms with E-state index in [1.54, 1.807) is 82.6 Å². The topological polar surface area (TPSA) is 143 Å². The van der Waals surface area contributed by atoms with Crippen LogP contribution in [0.3, 0.4) is 0 Å². The van der Waals surface area contributed by atoms with Gasteiger partial charge in [0.15, 0.2) is 0 Å². The van der Waals surface area contributed by atoms with Crippen LogP contribution in [0, 0.1) is 23.0 Å². The molecule has 296 valence electrons. The molecule has 0 saturated heterocycles. The first-order chi connectivity index (χ1) is 29.0. The number of fused-ring (bicyclic) bond motifs is 2. The van der Waals surface area contributed by atoms with Crippen molar-refractivity contribution in [1.82, 2.24) is 40.2 Å². The van der Waals surface area contributed by atoms with Gasteiger partial charge >= 0.3 is 0 Å². The predicted octanol–water partition coefficient (Wildman–Crippen LogP) is 9.51. The van der Waals surface area contributed by atoms with Gasteiger partial charge in [-0.2, -0.15) is 15.5 Å². The number of halogens is 6. The van der Waals surface area contributed by atoms with Crippen molar-refractivity contribution < 1.29 is 24.1 Å². The summed E-state index contributed by atoms with van der Waals surface area (Å²) in [5.74, 6) is -1.19. The highest BCUT2D eigenvalue weighted by Gasteiger charge is 2.16. The summed E-state index contributed by atoms with van der Waals surface area (Å²) >= 11 is 15.6. The van der Waals surface area contributed by atoms with E-state index in [1.807, 2.05) is 18.2 Å². The Hall–Kier alpha value is -6.60. The van der Waals surface area contributed by atoms with E-state index in [1.165, 1.54) is 36.5 Å². The minimum Gasteiger partial charge on any atom is -0.348 e. The zero-order valence-electron chi connectivity index (χ0n) is 31.4. The van der Waals surface area contributed by atoms with Gasteiger partial charge in [-0.15, -0.1) is 0 Å². The number of hydrogen-bond donors (Lipinski definition) is 2. The van der Waals surface area contributed by atoms with Crippen molar-refractivity contribution in [2.24, 2.45) is 0 Å². The van der Waals surface area contributed by atoms with Gasteiger partial charge in [-0.3, -0.25) is 14.0 Å². The number of hydrogen-bond acceptors (Lipinski definition) is 7. The number of carbonyl (C=O) groups excluding carboxylic acids is 2. The van der Waals surface area contributed by atoms with E-state index in [9.17, 15) is 22.8 Å². The molecule has 0 spiro atoms. The zero-order chi connectivity index (χ0) is 42.8. The van der Waals surface area contributed by atoms with Crippen LogP contribution in [-0.2, 0) is 13.1 Å². The standard InChI is InChI=1S/C21H13ClFN5O.C20H13BrClFN4O.CH3F/c22-19-8-15(9-24)25-10-13(19)11-26-21(29)17-2-1-3-20-18(17)12-27-28(20)16-6-4-14(23)5-7-16;21-19-8-17(22)12(9-24-19)10-25-20(28)15-2-1-3-18-16(15)11-26-27(18)14-6-4-13(23)5-7-14;1-2/h1-8,10,12H,11H2,(H,26,29);1-9,11H,10H2,(H,25,28);1H3/i;;1D. The van der Waals surface area contributed by atoms with Crippen molar-refractivity contribution in [1.29, 1.82) is 5.26 Å². The summed E-state index contributed by atoms with van der Waals surface area (Å²) in [5.41, 5.74) is 5.35. The number of aromatic nitrogens is 6. The Bertz CT molecular complexity index is 2850. The molecule has 0 aliphatic heterocycles. The Balaban J connectivity index is 0.000000189. The third-order valence-corrected chi connectivity index (χ3v) is 9.82. The molecule has 0 radical (unpaired) electrons. The molecule has 0 unspecified atom stereocenters. The van der Waals surface area contributed by atoms with Crippen molar-refractivity contribution in [2.45, 2.75) is 13.1 Å². The summed E-state index contributed by atoms with van der Waals surface area (Å²) in [5, 5.41) is 25.5. The highest BCUT2D eigenvalue weighted by atomic mass is 79.9. The highest BCUT2D eigenvalue weighted by Crippen LogP contribution is 2.25. The number of alkyl halides is 1. The number of carbonyl (C=O) groups is 2. The molecule has 0 saturated carbocycles.